The Morgan fingerprint density at radius 1 is 1.38 bits per heavy atom. The van der Waals surface area contributed by atoms with Crippen LogP contribution in [0.15, 0.2) is 5.16 Å². The summed E-state index contributed by atoms with van der Waals surface area (Å²) in [6.07, 6.45) is 4.80. The van der Waals surface area contributed by atoms with Gasteiger partial charge >= 0.3 is 0 Å². The first-order valence-electron chi connectivity index (χ1n) is 6.11. The molecule has 2 saturated heterocycles. The highest BCUT2D eigenvalue weighted by Crippen LogP contribution is 2.20. The van der Waals surface area contributed by atoms with E-state index in [4.69, 9.17) is 15.7 Å². The fourth-order valence-electron chi connectivity index (χ4n) is 2.57. The van der Waals surface area contributed by atoms with E-state index in [1.165, 1.54) is 12.8 Å². The van der Waals surface area contributed by atoms with Crippen LogP contribution in [0, 0.1) is 5.92 Å². The minimum absolute atomic E-state index is 0.255. The lowest BCUT2D eigenvalue weighted by Gasteiger charge is -2.32. The van der Waals surface area contributed by atoms with Crippen molar-refractivity contribution in [3.8, 4) is 0 Å². The highest BCUT2D eigenvalue weighted by molar-refractivity contribution is 5.82. The van der Waals surface area contributed by atoms with Gasteiger partial charge in [0, 0.05) is 19.1 Å². The maximum atomic E-state index is 8.61. The number of hydrogen-bond acceptors (Lipinski definition) is 4. The molecular formula is C11H21N3O2. The van der Waals surface area contributed by atoms with Gasteiger partial charge in [-0.2, -0.15) is 0 Å². The van der Waals surface area contributed by atoms with E-state index in [-0.39, 0.29) is 5.92 Å². The average Bonchev–Trinajstić information content (AvgIpc) is 2.82. The molecule has 0 spiro atoms. The Bertz CT molecular complexity index is 244. The topological polar surface area (TPSA) is 71.1 Å². The summed E-state index contributed by atoms with van der Waals surface area (Å²) in [4.78, 5) is 2.43. The first-order chi connectivity index (χ1) is 7.79. The third-order valence-electron chi connectivity index (χ3n) is 3.61. The molecule has 1 atom stereocenters. The van der Waals surface area contributed by atoms with Gasteiger partial charge in [0.15, 0.2) is 0 Å². The molecule has 2 rings (SSSR count). The van der Waals surface area contributed by atoms with E-state index in [9.17, 15) is 0 Å². The molecule has 0 aromatic rings. The Labute approximate surface area is 96.2 Å². The number of ether oxygens (including phenoxy) is 1. The third kappa shape index (κ3) is 2.86. The lowest BCUT2D eigenvalue weighted by Crippen LogP contribution is -2.41. The quantitative estimate of drug-likeness (QED) is 0.321. The summed E-state index contributed by atoms with van der Waals surface area (Å²) in [7, 11) is 0. The smallest absolute Gasteiger partial charge is 0.142 e. The van der Waals surface area contributed by atoms with Gasteiger partial charge in [0.25, 0.3) is 0 Å². The fourth-order valence-corrected chi connectivity index (χ4v) is 2.57. The summed E-state index contributed by atoms with van der Waals surface area (Å²) in [6.45, 7) is 4.02. The van der Waals surface area contributed by atoms with Crippen LogP contribution in [0.4, 0.5) is 0 Å². The molecule has 0 amide bonds. The molecule has 5 heteroatoms. The molecule has 0 aliphatic carbocycles. The lowest BCUT2D eigenvalue weighted by atomic mass is 9.95. The Hall–Kier alpha value is -0.810. The molecule has 3 N–H and O–H groups in total. The largest absolute Gasteiger partial charge is 0.409 e. The lowest BCUT2D eigenvalue weighted by molar-refractivity contribution is 0.0635. The van der Waals surface area contributed by atoms with Gasteiger partial charge in [0.05, 0.1) is 6.10 Å². The van der Waals surface area contributed by atoms with Crippen molar-refractivity contribution in [3.63, 3.8) is 0 Å². The molecule has 2 fully saturated rings. The van der Waals surface area contributed by atoms with Crippen LogP contribution >= 0.6 is 0 Å². The van der Waals surface area contributed by atoms with Crippen LogP contribution < -0.4 is 5.73 Å². The van der Waals surface area contributed by atoms with Gasteiger partial charge < -0.3 is 20.6 Å². The van der Waals surface area contributed by atoms with Crippen molar-refractivity contribution in [2.24, 2.45) is 16.8 Å². The van der Waals surface area contributed by atoms with Crippen LogP contribution in [0.5, 0.6) is 0 Å². The van der Waals surface area contributed by atoms with Crippen molar-refractivity contribution < 1.29 is 9.94 Å². The number of hydrogen-bond donors (Lipinski definition) is 2. The molecule has 0 bridgehead atoms. The summed E-state index contributed by atoms with van der Waals surface area (Å²) < 4.78 is 5.62. The molecule has 0 aromatic carbocycles. The van der Waals surface area contributed by atoms with Crippen molar-refractivity contribution in [2.75, 3.05) is 26.2 Å². The molecule has 2 aliphatic rings. The van der Waals surface area contributed by atoms with E-state index in [0.717, 1.165) is 39.1 Å². The number of rotatable bonds is 3. The zero-order valence-corrected chi connectivity index (χ0v) is 9.64. The summed E-state index contributed by atoms with van der Waals surface area (Å²) in [5, 5.41) is 11.7. The number of amidine groups is 1. The number of oxime groups is 1. The SMILES string of the molecule is NC(=NO)C1CCN(CC2CCCO2)CC1. The van der Waals surface area contributed by atoms with E-state index in [1.807, 2.05) is 0 Å². The molecule has 2 heterocycles. The van der Waals surface area contributed by atoms with Crippen LogP contribution in [-0.4, -0.2) is 48.3 Å². The molecule has 5 nitrogen and oxygen atoms in total. The molecule has 1 unspecified atom stereocenters. The van der Waals surface area contributed by atoms with E-state index >= 15 is 0 Å². The molecule has 0 saturated carbocycles. The molecule has 0 radical (unpaired) electrons. The summed E-state index contributed by atoms with van der Waals surface area (Å²) in [5.41, 5.74) is 5.61. The number of piperidine rings is 1. The molecule has 2 aliphatic heterocycles. The zero-order valence-electron chi connectivity index (χ0n) is 9.64. The predicted octanol–water partition coefficient (Wildman–Crippen LogP) is 0.624. The first kappa shape index (κ1) is 11.7. The number of likely N-dealkylation sites (tertiary alicyclic amines) is 1. The normalized spacial score (nSPS) is 29.8. The minimum atomic E-state index is 0.255. The van der Waals surface area contributed by atoms with E-state index < -0.39 is 0 Å². The van der Waals surface area contributed by atoms with Gasteiger partial charge in [0.1, 0.15) is 5.84 Å². The third-order valence-corrected chi connectivity index (χ3v) is 3.61. The molecule has 0 aromatic heterocycles. The maximum absolute atomic E-state index is 8.61. The summed E-state index contributed by atoms with van der Waals surface area (Å²) >= 11 is 0. The second-order valence-corrected chi connectivity index (χ2v) is 4.73. The maximum Gasteiger partial charge on any atom is 0.142 e. The van der Waals surface area contributed by atoms with Crippen LogP contribution in [-0.2, 0) is 4.74 Å². The van der Waals surface area contributed by atoms with Crippen molar-refractivity contribution >= 4 is 5.84 Å². The van der Waals surface area contributed by atoms with Gasteiger partial charge in [-0.1, -0.05) is 5.16 Å². The molecule has 92 valence electrons. The van der Waals surface area contributed by atoms with Crippen molar-refractivity contribution in [1.82, 2.24) is 4.90 Å². The Morgan fingerprint density at radius 2 is 2.12 bits per heavy atom. The van der Waals surface area contributed by atoms with Gasteiger partial charge in [-0.05, 0) is 38.8 Å². The second-order valence-electron chi connectivity index (χ2n) is 4.73. The van der Waals surface area contributed by atoms with Crippen molar-refractivity contribution in [1.29, 1.82) is 0 Å². The zero-order chi connectivity index (χ0) is 11.4. The summed E-state index contributed by atoms with van der Waals surface area (Å²) in [5.74, 6) is 0.641. The van der Waals surface area contributed by atoms with Crippen LogP contribution in [0.3, 0.4) is 0 Å². The van der Waals surface area contributed by atoms with E-state index in [2.05, 4.69) is 10.1 Å². The minimum Gasteiger partial charge on any atom is -0.409 e. The van der Waals surface area contributed by atoms with Crippen LogP contribution in [0.1, 0.15) is 25.7 Å². The van der Waals surface area contributed by atoms with Gasteiger partial charge in [-0.3, -0.25) is 0 Å². The van der Waals surface area contributed by atoms with Crippen molar-refractivity contribution in [2.45, 2.75) is 31.8 Å². The Balaban J connectivity index is 1.72. The van der Waals surface area contributed by atoms with Crippen molar-refractivity contribution in [3.05, 3.63) is 0 Å². The molecule has 16 heavy (non-hydrogen) atoms. The highest BCUT2D eigenvalue weighted by Gasteiger charge is 2.25. The first-order valence-corrected chi connectivity index (χ1v) is 6.11. The van der Waals surface area contributed by atoms with Gasteiger partial charge in [-0.25, -0.2) is 0 Å². The van der Waals surface area contributed by atoms with E-state index in [1.54, 1.807) is 0 Å². The Kier molecular flexibility index (Phi) is 4.01. The highest BCUT2D eigenvalue weighted by atomic mass is 16.5. The van der Waals surface area contributed by atoms with Crippen LogP contribution in [0.25, 0.3) is 0 Å². The average molecular weight is 227 g/mol. The standard InChI is InChI=1S/C11H21N3O2/c12-11(13-15)9-3-5-14(6-4-9)8-10-2-1-7-16-10/h9-10,15H,1-8H2,(H2,12,13). The molecular weight excluding hydrogens is 206 g/mol. The van der Waals surface area contributed by atoms with Gasteiger partial charge in [-0.15, -0.1) is 0 Å². The Morgan fingerprint density at radius 3 is 2.69 bits per heavy atom. The monoisotopic (exact) mass is 227 g/mol. The number of nitrogens with two attached hydrogens (primary N) is 1. The number of nitrogens with zero attached hydrogens (tertiary/aromatic N) is 2. The summed E-state index contributed by atoms with van der Waals surface area (Å²) in [6, 6.07) is 0. The second kappa shape index (κ2) is 5.50. The predicted molar refractivity (Wildman–Crippen MR) is 61.5 cm³/mol. The van der Waals surface area contributed by atoms with Gasteiger partial charge in [0.2, 0.25) is 0 Å². The fraction of sp³-hybridized carbons (Fsp3) is 0.909. The van der Waals surface area contributed by atoms with E-state index in [0.29, 0.717) is 11.9 Å². The van der Waals surface area contributed by atoms with Crippen LogP contribution in [0.2, 0.25) is 0 Å².